The van der Waals surface area contributed by atoms with Crippen molar-refractivity contribution in [3.8, 4) is 11.5 Å². The van der Waals surface area contributed by atoms with Crippen LogP contribution in [-0.4, -0.2) is 41.0 Å². The molecule has 2 aromatic carbocycles. The topological polar surface area (TPSA) is 97.7 Å². The van der Waals surface area contributed by atoms with Gasteiger partial charge in [0, 0.05) is 47.7 Å². The number of rotatable bonds is 5. The average Bonchev–Trinajstić information content (AvgIpc) is 3.09. The maximum absolute atomic E-state index is 12.7. The Kier molecular flexibility index (Phi) is 4.60. The number of nitro benzene ring substituents is 1. The highest BCUT2D eigenvalue weighted by atomic mass is 16.6. The zero-order chi connectivity index (χ0) is 19.7. The molecule has 2 heterocycles. The molecule has 0 spiro atoms. The van der Waals surface area contributed by atoms with Crippen LogP contribution in [0.25, 0.3) is 10.9 Å². The molecule has 144 valence electrons. The number of non-ortho nitro benzene ring substituents is 1. The van der Waals surface area contributed by atoms with Gasteiger partial charge in [0.2, 0.25) is 0 Å². The van der Waals surface area contributed by atoms with Gasteiger partial charge in [0.25, 0.3) is 11.6 Å². The third kappa shape index (κ3) is 3.24. The van der Waals surface area contributed by atoms with E-state index in [2.05, 4.69) is 4.98 Å². The number of amides is 1. The molecule has 1 aromatic heterocycles. The van der Waals surface area contributed by atoms with Crippen LogP contribution < -0.4 is 9.47 Å². The van der Waals surface area contributed by atoms with Crippen LogP contribution in [0.15, 0.2) is 42.5 Å². The van der Waals surface area contributed by atoms with Gasteiger partial charge in [-0.25, -0.2) is 0 Å². The van der Waals surface area contributed by atoms with Gasteiger partial charge < -0.3 is 19.4 Å². The molecule has 1 aliphatic heterocycles. The highest BCUT2D eigenvalue weighted by Crippen LogP contribution is 2.31. The monoisotopic (exact) mass is 381 g/mol. The quantitative estimate of drug-likeness (QED) is 0.541. The number of methoxy groups -OCH3 is 1. The summed E-state index contributed by atoms with van der Waals surface area (Å²) in [6.45, 7) is 0.886. The predicted molar refractivity (Wildman–Crippen MR) is 103 cm³/mol. The third-order valence-electron chi connectivity index (χ3n) is 4.94. The van der Waals surface area contributed by atoms with Gasteiger partial charge in [-0.15, -0.1) is 0 Å². The van der Waals surface area contributed by atoms with E-state index < -0.39 is 4.92 Å². The lowest BCUT2D eigenvalue weighted by Crippen LogP contribution is -2.38. The van der Waals surface area contributed by atoms with Gasteiger partial charge in [-0.1, -0.05) is 18.2 Å². The summed E-state index contributed by atoms with van der Waals surface area (Å²) in [6.07, 6.45) is 0.746. The number of ether oxygens (including phenoxy) is 2. The lowest BCUT2D eigenvalue weighted by atomic mass is 10.0. The number of carbonyl (C=O) groups excluding carboxylic acids is 1. The lowest BCUT2D eigenvalue weighted by Gasteiger charge is -2.27. The molecule has 4 rings (SSSR count). The van der Waals surface area contributed by atoms with Crippen LogP contribution in [0.3, 0.4) is 0 Å². The van der Waals surface area contributed by atoms with E-state index >= 15 is 0 Å². The van der Waals surface area contributed by atoms with Crippen LogP contribution in [-0.2, 0) is 17.8 Å². The van der Waals surface area contributed by atoms with Crippen molar-refractivity contribution in [3.05, 3.63) is 63.8 Å². The number of carbonyl (C=O) groups is 1. The van der Waals surface area contributed by atoms with E-state index in [0.29, 0.717) is 18.8 Å². The zero-order valence-electron chi connectivity index (χ0n) is 15.3. The van der Waals surface area contributed by atoms with E-state index in [9.17, 15) is 14.9 Å². The predicted octanol–water partition coefficient (Wildman–Crippen LogP) is 3.05. The number of benzene rings is 2. The fourth-order valence-corrected chi connectivity index (χ4v) is 3.50. The molecule has 8 heteroatoms. The molecular formula is C20H19N3O5. The van der Waals surface area contributed by atoms with Crippen LogP contribution >= 0.6 is 0 Å². The van der Waals surface area contributed by atoms with E-state index in [1.54, 1.807) is 4.90 Å². The minimum Gasteiger partial charge on any atom is -0.493 e. The maximum atomic E-state index is 12.7. The minimum atomic E-state index is -0.517. The molecule has 0 fully saturated rings. The molecule has 0 atom stereocenters. The molecule has 28 heavy (non-hydrogen) atoms. The number of nitro groups is 1. The van der Waals surface area contributed by atoms with Crippen molar-refractivity contribution in [1.82, 2.24) is 9.88 Å². The largest absolute Gasteiger partial charge is 0.493 e. The molecule has 0 bridgehead atoms. The fourth-order valence-electron chi connectivity index (χ4n) is 3.50. The number of hydrogen-bond acceptors (Lipinski definition) is 5. The highest BCUT2D eigenvalue weighted by molar-refractivity contribution is 5.86. The number of aromatic amines is 1. The normalized spacial score (nSPS) is 13.2. The summed E-state index contributed by atoms with van der Waals surface area (Å²) in [5, 5.41) is 12.1. The zero-order valence-corrected chi connectivity index (χ0v) is 15.3. The van der Waals surface area contributed by atoms with E-state index in [0.717, 1.165) is 28.6 Å². The van der Waals surface area contributed by atoms with Gasteiger partial charge in [-0.05, 0) is 12.1 Å². The summed E-state index contributed by atoms with van der Waals surface area (Å²) in [4.78, 5) is 28.3. The summed E-state index contributed by atoms with van der Waals surface area (Å²) in [6, 6.07) is 12.1. The summed E-state index contributed by atoms with van der Waals surface area (Å²) in [5.74, 6) is 0.343. The Morgan fingerprint density at radius 2 is 2.07 bits per heavy atom. The Morgan fingerprint density at radius 1 is 1.25 bits per heavy atom. The SMILES string of the molecule is COc1ccc([N+](=O)[O-])cc1OCC(=O)N1CCc2[nH]c3ccccc3c2C1. The Hall–Kier alpha value is -3.55. The van der Waals surface area contributed by atoms with Crippen molar-refractivity contribution in [3.63, 3.8) is 0 Å². The molecule has 8 nitrogen and oxygen atoms in total. The van der Waals surface area contributed by atoms with E-state index in [4.69, 9.17) is 9.47 Å². The van der Waals surface area contributed by atoms with Crippen LogP contribution in [0.5, 0.6) is 11.5 Å². The second-order valence-corrected chi connectivity index (χ2v) is 6.57. The Bertz CT molecular complexity index is 1060. The first kappa shape index (κ1) is 17.8. The van der Waals surface area contributed by atoms with Crippen LogP contribution in [0.2, 0.25) is 0 Å². The van der Waals surface area contributed by atoms with Crippen molar-refractivity contribution < 1.29 is 19.2 Å². The summed E-state index contributed by atoms with van der Waals surface area (Å²) < 4.78 is 10.7. The number of fused-ring (bicyclic) bond motifs is 3. The smallest absolute Gasteiger partial charge is 0.273 e. The van der Waals surface area contributed by atoms with Gasteiger partial charge >= 0.3 is 0 Å². The number of aromatic nitrogens is 1. The molecule has 0 radical (unpaired) electrons. The van der Waals surface area contributed by atoms with Gasteiger partial charge in [0.05, 0.1) is 18.1 Å². The molecule has 0 saturated heterocycles. The second-order valence-electron chi connectivity index (χ2n) is 6.57. The van der Waals surface area contributed by atoms with Crippen molar-refractivity contribution in [2.24, 2.45) is 0 Å². The van der Waals surface area contributed by atoms with Crippen LogP contribution in [0.1, 0.15) is 11.3 Å². The molecule has 1 aliphatic rings. The van der Waals surface area contributed by atoms with Gasteiger partial charge in [-0.3, -0.25) is 14.9 Å². The average molecular weight is 381 g/mol. The Balaban J connectivity index is 1.48. The minimum absolute atomic E-state index is 0.121. The van der Waals surface area contributed by atoms with Gasteiger partial charge in [-0.2, -0.15) is 0 Å². The van der Waals surface area contributed by atoms with Crippen molar-refractivity contribution in [1.29, 1.82) is 0 Å². The first-order valence-electron chi connectivity index (χ1n) is 8.88. The number of nitrogens with zero attached hydrogens (tertiary/aromatic N) is 2. The van der Waals surface area contributed by atoms with E-state index in [1.165, 1.54) is 25.3 Å². The molecule has 1 amide bonds. The molecule has 0 aliphatic carbocycles. The Labute approximate surface area is 160 Å². The van der Waals surface area contributed by atoms with Crippen LogP contribution in [0, 0.1) is 10.1 Å². The van der Waals surface area contributed by atoms with Crippen molar-refractivity contribution in [2.75, 3.05) is 20.3 Å². The van der Waals surface area contributed by atoms with E-state index in [1.807, 2.05) is 24.3 Å². The number of H-pyrrole nitrogens is 1. The molecule has 0 saturated carbocycles. The van der Waals surface area contributed by atoms with Gasteiger partial charge in [0.1, 0.15) is 0 Å². The van der Waals surface area contributed by atoms with Crippen LogP contribution in [0.4, 0.5) is 5.69 Å². The lowest BCUT2D eigenvalue weighted by molar-refractivity contribution is -0.385. The fraction of sp³-hybridized carbons (Fsp3) is 0.250. The first-order valence-corrected chi connectivity index (χ1v) is 8.88. The summed E-state index contributed by atoms with van der Waals surface area (Å²) >= 11 is 0. The molecular weight excluding hydrogens is 362 g/mol. The molecule has 0 unspecified atom stereocenters. The Morgan fingerprint density at radius 3 is 2.86 bits per heavy atom. The van der Waals surface area contributed by atoms with Gasteiger partial charge in [0.15, 0.2) is 18.1 Å². The third-order valence-corrected chi connectivity index (χ3v) is 4.94. The number of para-hydroxylation sites is 1. The molecule has 1 N–H and O–H groups in total. The van der Waals surface area contributed by atoms with Crippen molar-refractivity contribution in [2.45, 2.75) is 13.0 Å². The first-order chi connectivity index (χ1) is 13.6. The summed E-state index contributed by atoms with van der Waals surface area (Å²) in [7, 11) is 1.44. The highest BCUT2D eigenvalue weighted by Gasteiger charge is 2.24. The standard InChI is InChI=1S/C20H19N3O5/c1-27-18-7-6-13(23(25)26)10-19(18)28-12-20(24)22-9-8-17-15(11-22)14-4-2-3-5-16(14)21-17/h2-7,10,21H,8-9,11-12H2,1H3. The number of nitrogens with one attached hydrogen (secondary N) is 1. The summed E-state index contributed by atoms with van der Waals surface area (Å²) in [5.41, 5.74) is 3.23. The van der Waals surface area contributed by atoms with E-state index in [-0.39, 0.29) is 24.0 Å². The second kappa shape index (κ2) is 7.22. The van der Waals surface area contributed by atoms with Crippen molar-refractivity contribution >= 4 is 22.5 Å². The maximum Gasteiger partial charge on any atom is 0.273 e. The molecule has 3 aromatic rings. The number of hydrogen-bond donors (Lipinski definition) is 1.